The molecule has 1 heterocycles. The Morgan fingerprint density at radius 3 is 2.80 bits per heavy atom. The fraction of sp³-hybridized carbons (Fsp3) is 0.500. The molecule has 1 aromatic rings. The summed E-state index contributed by atoms with van der Waals surface area (Å²) in [6.07, 6.45) is 2.18. The molecule has 2 N–H and O–H groups in total. The van der Waals surface area contributed by atoms with Crippen molar-refractivity contribution in [3.8, 4) is 0 Å². The maximum absolute atomic E-state index is 5.27. The third-order valence-electron chi connectivity index (χ3n) is 3.02. The molecule has 2 rings (SSSR count). The number of hydrogen-bond donors (Lipinski definition) is 1. The van der Waals surface area contributed by atoms with E-state index in [0.29, 0.717) is 12.0 Å². The van der Waals surface area contributed by atoms with Gasteiger partial charge < -0.3 is 0 Å². The van der Waals surface area contributed by atoms with Crippen LogP contribution in [0.1, 0.15) is 18.9 Å². The van der Waals surface area contributed by atoms with E-state index in [1.54, 1.807) is 0 Å². The average Bonchev–Trinajstić information content (AvgIpc) is 2.60. The van der Waals surface area contributed by atoms with Gasteiger partial charge in [-0.2, -0.15) is 11.0 Å². The first-order chi connectivity index (χ1) is 7.29. The van der Waals surface area contributed by atoms with Crippen molar-refractivity contribution in [3.63, 3.8) is 0 Å². The molecule has 0 saturated carbocycles. The highest BCUT2D eigenvalue weighted by molar-refractivity contribution is 5.16. The van der Waals surface area contributed by atoms with Gasteiger partial charge in [0.1, 0.15) is 0 Å². The minimum absolute atomic E-state index is 0.424. The largest absolute Gasteiger partial charge is 0.214 e. The van der Waals surface area contributed by atoms with Crippen LogP contribution in [0.3, 0.4) is 0 Å². The van der Waals surface area contributed by atoms with E-state index in [0.717, 1.165) is 19.4 Å². The van der Waals surface area contributed by atoms with E-state index >= 15 is 0 Å². The van der Waals surface area contributed by atoms with E-state index in [1.807, 2.05) is 11.1 Å². The van der Waals surface area contributed by atoms with Crippen LogP contribution in [0, 0.1) is 5.92 Å². The summed E-state index contributed by atoms with van der Waals surface area (Å²) in [5.74, 6) is 5.93. The van der Waals surface area contributed by atoms with Crippen LogP contribution in [0.2, 0.25) is 0 Å². The fourth-order valence-electron chi connectivity index (χ4n) is 2.31. The van der Waals surface area contributed by atoms with Crippen molar-refractivity contribution in [1.29, 1.82) is 0 Å². The topological polar surface area (TPSA) is 38.5 Å². The second-order valence-electron chi connectivity index (χ2n) is 4.39. The van der Waals surface area contributed by atoms with Gasteiger partial charge in [-0.25, -0.2) is 4.94 Å². The van der Waals surface area contributed by atoms with Gasteiger partial charge in [-0.15, -0.1) is 0 Å². The summed E-state index contributed by atoms with van der Waals surface area (Å²) in [7, 11) is 0. The lowest BCUT2D eigenvalue weighted by atomic mass is 10.0. The molecule has 0 amide bonds. The van der Waals surface area contributed by atoms with Gasteiger partial charge in [0.2, 0.25) is 0 Å². The van der Waals surface area contributed by atoms with Gasteiger partial charge >= 0.3 is 0 Å². The normalized spacial score (nSPS) is 27.1. The van der Waals surface area contributed by atoms with Gasteiger partial charge in [0.15, 0.2) is 0 Å². The Hall–Kier alpha value is -0.900. The summed E-state index contributed by atoms with van der Waals surface area (Å²) >= 11 is 0. The minimum Gasteiger partial charge on any atom is -0.214 e. The molecule has 1 aliphatic heterocycles. The molecular formula is C12H18N2O. The first-order valence-corrected chi connectivity index (χ1v) is 5.47. The van der Waals surface area contributed by atoms with Gasteiger partial charge in [-0.1, -0.05) is 37.3 Å². The molecule has 0 aliphatic carbocycles. The van der Waals surface area contributed by atoms with Crippen molar-refractivity contribution in [2.45, 2.75) is 25.8 Å². The van der Waals surface area contributed by atoms with Gasteiger partial charge in [0.25, 0.3) is 0 Å². The van der Waals surface area contributed by atoms with Crippen LogP contribution in [0.5, 0.6) is 0 Å². The summed E-state index contributed by atoms with van der Waals surface area (Å²) in [5, 5.41) is 1.90. The molecular weight excluding hydrogens is 188 g/mol. The van der Waals surface area contributed by atoms with Crippen LogP contribution >= 0.6 is 0 Å². The van der Waals surface area contributed by atoms with Crippen molar-refractivity contribution < 1.29 is 4.94 Å². The van der Waals surface area contributed by atoms with Crippen LogP contribution in [0.15, 0.2) is 30.3 Å². The molecule has 0 aromatic heterocycles. The molecule has 1 saturated heterocycles. The van der Waals surface area contributed by atoms with E-state index in [2.05, 4.69) is 31.2 Å². The number of hydrogen-bond acceptors (Lipinski definition) is 3. The maximum Gasteiger partial charge on any atom is 0.0415 e. The van der Waals surface area contributed by atoms with Crippen LogP contribution in [0.25, 0.3) is 0 Å². The summed E-state index contributed by atoms with van der Waals surface area (Å²) in [5.41, 5.74) is 1.35. The Balaban J connectivity index is 2.00. The Morgan fingerprint density at radius 2 is 2.13 bits per heavy atom. The monoisotopic (exact) mass is 206 g/mol. The smallest absolute Gasteiger partial charge is 0.0415 e. The molecule has 0 spiro atoms. The van der Waals surface area contributed by atoms with Crippen molar-refractivity contribution in [3.05, 3.63) is 35.9 Å². The van der Waals surface area contributed by atoms with Crippen molar-refractivity contribution in [2.75, 3.05) is 6.54 Å². The van der Waals surface area contributed by atoms with Crippen molar-refractivity contribution >= 4 is 0 Å². The number of hydroxylamine groups is 2. The Morgan fingerprint density at radius 1 is 1.40 bits per heavy atom. The molecule has 1 aromatic carbocycles. The second kappa shape index (κ2) is 4.75. The second-order valence-corrected chi connectivity index (χ2v) is 4.39. The predicted octanol–water partition coefficient (Wildman–Crippen LogP) is 1.74. The molecule has 0 radical (unpaired) electrons. The Bertz CT molecular complexity index is 302. The van der Waals surface area contributed by atoms with Crippen molar-refractivity contribution in [1.82, 2.24) is 5.06 Å². The minimum atomic E-state index is 0.424. The lowest BCUT2D eigenvalue weighted by Gasteiger charge is -2.20. The summed E-state index contributed by atoms with van der Waals surface area (Å²) in [4.78, 5) is 4.90. The maximum atomic E-state index is 5.27. The van der Waals surface area contributed by atoms with Gasteiger partial charge in [-0.3, -0.25) is 0 Å². The molecule has 1 aliphatic rings. The standard InChI is InChI=1S/C12H18N2O/c1-10-7-12(14(9-10)15-13)8-11-5-3-2-4-6-11/h2-6,10,12H,7-9,13H2,1H3. The first kappa shape index (κ1) is 10.6. The van der Waals surface area contributed by atoms with E-state index in [1.165, 1.54) is 5.56 Å². The Labute approximate surface area is 90.7 Å². The van der Waals surface area contributed by atoms with Crippen LogP contribution < -0.4 is 5.90 Å². The molecule has 3 nitrogen and oxygen atoms in total. The zero-order valence-corrected chi connectivity index (χ0v) is 9.10. The molecule has 3 heteroatoms. The third kappa shape index (κ3) is 2.56. The summed E-state index contributed by atoms with van der Waals surface area (Å²) < 4.78 is 0. The highest BCUT2D eigenvalue weighted by atomic mass is 16.8. The lowest BCUT2D eigenvalue weighted by Crippen LogP contribution is -2.33. The van der Waals surface area contributed by atoms with Crippen molar-refractivity contribution in [2.24, 2.45) is 11.8 Å². The van der Waals surface area contributed by atoms with E-state index < -0.39 is 0 Å². The SMILES string of the molecule is CC1CC(Cc2ccccc2)N(ON)C1. The van der Waals surface area contributed by atoms with Gasteiger partial charge in [-0.05, 0) is 24.3 Å². The molecule has 15 heavy (non-hydrogen) atoms. The summed E-state index contributed by atoms with van der Waals surface area (Å²) in [6, 6.07) is 10.9. The third-order valence-corrected chi connectivity index (χ3v) is 3.02. The molecule has 2 unspecified atom stereocenters. The van der Waals surface area contributed by atoms with Crippen LogP contribution in [0.4, 0.5) is 0 Å². The number of benzene rings is 1. The van der Waals surface area contributed by atoms with Gasteiger partial charge in [0, 0.05) is 12.6 Å². The molecule has 2 atom stereocenters. The zero-order chi connectivity index (χ0) is 10.7. The molecule has 82 valence electrons. The zero-order valence-electron chi connectivity index (χ0n) is 9.10. The highest BCUT2D eigenvalue weighted by Gasteiger charge is 2.30. The average molecular weight is 206 g/mol. The Kier molecular flexibility index (Phi) is 3.36. The van der Waals surface area contributed by atoms with E-state index in [4.69, 9.17) is 10.8 Å². The number of nitrogens with two attached hydrogens (primary N) is 1. The quantitative estimate of drug-likeness (QED) is 0.766. The first-order valence-electron chi connectivity index (χ1n) is 5.47. The number of nitrogens with zero attached hydrogens (tertiary/aromatic N) is 1. The summed E-state index contributed by atoms with van der Waals surface area (Å²) in [6.45, 7) is 3.17. The predicted molar refractivity (Wildman–Crippen MR) is 59.7 cm³/mol. The molecule has 0 bridgehead atoms. The van der Waals surface area contributed by atoms with Crippen LogP contribution in [-0.4, -0.2) is 17.6 Å². The molecule has 1 fully saturated rings. The fourth-order valence-corrected chi connectivity index (χ4v) is 2.31. The van der Waals surface area contributed by atoms with Gasteiger partial charge in [0.05, 0.1) is 0 Å². The highest BCUT2D eigenvalue weighted by Crippen LogP contribution is 2.24. The van der Waals surface area contributed by atoms with E-state index in [-0.39, 0.29) is 0 Å². The number of rotatable bonds is 3. The lowest BCUT2D eigenvalue weighted by molar-refractivity contribution is -0.173. The van der Waals surface area contributed by atoms with Crippen LogP contribution in [-0.2, 0) is 11.4 Å². The van der Waals surface area contributed by atoms with E-state index in [9.17, 15) is 0 Å².